The van der Waals surface area contributed by atoms with Crippen LogP contribution in [-0.2, 0) is 6.54 Å². The number of hydrogen-bond donors (Lipinski definition) is 2. The number of methoxy groups -OCH3 is 1. The summed E-state index contributed by atoms with van der Waals surface area (Å²) in [6, 6.07) is 17.5. The van der Waals surface area contributed by atoms with Gasteiger partial charge in [-0.25, -0.2) is 9.78 Å². The molecule has 2 heterocycles. The molecule has 7 heteroatoms. The molecule has 1 atom stereocenters. The van der Waals surface area contributed by atoms with Crippen LogP contribution in [0.3, 0.4) is 0 Å². The Hall–Kier alpha value is -3.35. The molecule has 0 radical (unpaired) electrons. The number of rotatable bonds is 5. The van der Waals surface area contributed by atoms with E-state index >= 15 is 0 Å². The topological polar surface area (TPSA) is 83.1 Å². The maximum Gasteiger partial charge on any atom is 0.317 e. The van der Waals surface area contributed by atoms with Gasteiger partial charge >= 0.3 is 6.03 Å². The van der Waals surface area contributed by atoms with Crippen molar-refractivity contribution in [1.82, 2.24) is 25.4 Å². The number of nitrogens with zero attached hydrogens (tertiary/aromatic N) is 3. The van der Waals surface area contributed by atoms with Crippen molar-refractivity contribution in [2.24, 2.45) is 0 Å². The molecule has 3 aromatic rings. The highest BCUT2D eigenvalue weighted by Crippen LogP contribution is 2.26. The Bertz CT molecular complexity index is 957. The molecule has 0 aliphatic carbocycles. The van der Waals surface area contributed by atoms with Crippen molar-refractivity contribution in [1.29, 1.82) is 0 Å². The van der Waals surface area contributed by atoms with E-state index in [2.05, 4.69) is 20.5 Å². The minimum absolute atomic E-state index is 0.0663. The molecule has 1 aliphatic heterocycles. The molecule has 1 aromatic heterocycles. The first-order valence-corrected chi connectivity index (χ1v) is 9.87. The quantitative estimate of drug-likeness (QED) is 0.696. The number of carbonyl (C=O) groups is 1. The van der Waals surface area contributed by atoms with Gasteiger partial charge in [0.15, 0.2) is 5.82 Å². The van der Waals surface area contributed by atoms with E-state index in [1.807, 2.05) is 59.5 Å². The van der Waals surface area contributed by atoms with Crippen LogP contribution in [0.4, 0.5) is 4.79 Å². The van der Waals surface area contributed by atoms with Crippen molar-refractivity contribution in [3.8, 4) is 17.1 Å². The minimum Gasteiger partial charge on any atom is -0.496 e. The molecule has 2 amide bonds. The molecule has 29 heavy (non-hydrogen) atoms. The van der Waals surface area contributed by atoms with Crippen molar-refractivity contribution in [2.75, 3.05) is 20.2 Å². The van der Waals surface area contributed by atoms with E-state index in [4.69, 9.17) is 4.74 Å². The Labute approximate surface area is 170 Å². The third-order valence-corrected chi connectivity index (χ3v) is 5.25. The van der Waals surface area contributed by atoms with Crippen molar-refractivity contribution < 1.29 is 9.53 Å². The number of amides is 2. The van der Waals surface area contributed by atoms with Gasteiger partial charge in [-0.2, -0.15) is 5.10 Å². The van der Waals surface area contributed by atoms with Crippen LogP contribution in [0.1, 0.15) is 30.1 Å². The van der Waals surface area contributed by atoms with Crippen molar-refractivity contribution in [3.63, 3.8) is 0 Å². The predicted octanol–water partition coefficient (Wildman–Crippen LogP) is 3.57. The first-order valence-electron chi connectivity index (χ1n) is 9.87. The van der Waals surface area contributed by atoms with Gasteiger partial charge in [-0.05, 0) is 18.9 Å². The lowest BCUT2D eigenvalue weighted by atomic mass is 9.97. The number of urea groups is 1. The number of para-hydroxylation sites is 1. The maximum atomic E-state index is 12.7. The largest absolute Gasteiger partial charge is 0.496 e. The zero-order valence-corrected chi connectivity index (χ0v) is 16.5. The number of aromatic amines is 1. The fourth-order valence-corrected chi connectivity index (χ4v) is 3.69. The molecule has 4 rings (SSSR count). The summed E-state index contributed by atoms with van der Waals surface area (Å²) in [6.45, 7) is 1.81. The Kier molecular flexibility index (Phi) is 5.74. The van der Waals surface area contributed by atoms with Crippen molar-refractivity contribution in [2.45, 2.75) is 25.3 Å². The molecule has 7 nitrogen and oxygen atoms in total. The van der Waals surface area contributed by atoms with Gasteiger partial charge in [0.1, 0.15) is 11.6 Å². The summed E-state index contributed by atoms with van der Waals surface area (Å²) in [4.78, 5) is 19.2. The second-order valence-electron chi connectivity index (χ2n) is 7.17. The van der Waals surface area contributed by atoms with Crippen LogP contribution >= 0.6 is 0 Å². The average Bonchev–Trinajstić information content (AvgIpc) is 3.29. The normalized spacial score (nSPS) is 16.4. The molecule has 0 saturated carbocycles. The van der Waals surface area contributed by atoms with Crippen LogP contribution in [0.5, 0.6) is 5.75 Å². The van der Waals surface area contributed by atoms with E-state index in [1.165, 1.54) is 0 Å². The Morgan fingerprint density at radius 2 is 2.00 bits per heavy atom. The molecular weight excluding hydrogens is 366 g/mol. The molecule has 1 saturated heterocycles. The van der Waals surface area contributed by atoms with E-state index in [0.29, 0.717) is 18.9 Å². The van der Waals surface area contributed by atoms with Gasteiger partial charge in [-0.1, -0.05) is 48.5 Å². The summed E-state index contributed by atoms with van der Waals surface area (Å²) in [7, 11) is 1.64. The smallest absolute Gasteiger partial charge is 0.317 e. The van der Waals surface area contributed by atoms with Crippen LogP contribution < -0.4 is 10.1 Å². The highest BCUT2D eigenvalue weighted by Gasteiger charge is 2.27. The third kappa shape index (κ3) is 4.39. The van der Waals surface area contributed by atoms with Gasteiger partial charge in [0.05, 0.1) is 7.11 Å². The molecule has 2 N–H and O–H groups in total. The fraction of sp³-hybridized carbons (Fsp3) is 0.318. The van der Waals surface area contributed by atoms with Gasteiger partial charge in [0, 0.05) is 36.7 Å². The lowest BCUT2D eigenvalue weighted by Crippen LogP contribution is -2.44. The minimum atomic E-state index is -0.0663. The van der Waals surface area contributed by atoms with Crippen LogP contribution in [-0.4, -0.2) is 46.3 Å². The highest BCUT2D eigenvalue weighted by atomic mass is 16.5. The summed E-state index contributed by atoms with van der Waals surface area (Å²) in [6.07, 6.45) is 1.92. The summed E-state index contributed by atoms with van der Waals surface area (Å²) >= 11 is 0. The summed E-state index contributed by atoms with van der Waals surface area (Å²) in [5.74, 6) is 2.47. The predicted molar refractivity (Wildman–Crippen MR) is 111 cm³/mol. The number of likely N-dealkylation sites (tertiary alicyclic amines) is 1. The van der Waals surface area contributed by atoms with Gasteiger partial charge in [-0.3, -0.25) is 5.10 Å². The van der Waals surface area contributed by atoms with Gasteiger partial charge in [-0.15, -0.1) is 0 Å². The number of piperidine rings is 1. The molecule has 150 valence electrons. The Balaban J connectivity index is 1.38. The molecule has 1 unspecified atom stereocenters. The molecular formula is C22H25N5O2. The SMILES string of the molecule is COc1ccccc1CNC(=O)N1CCCC(c2nc(-c3ccccc3)n[nH]2)C1. The van der Waals surface area contributed by atoms with E-state index in [-0.39, 0.29) is 11.9 Å². The molecule has 0 spiro atoms. The molecule has 2 aromatic carbocycles. The van der Waals surface area contributed by atoms with Crippen LogP contribution in [0.2, 0.25) is 0 Å². The van der Waals surface area contributed by atoms with E-state index in [1.54, 1.807) is 7.11 Å². The number of carbonyl (C=O) groups excluding carboxylic acids is 1. The lowest BCUT2D eigenvalue weighted by molar-refractivity contribution is 0.178. The molecule has 1 fully saturated rings. The molecule has 0 bridgehead atoms. The maximum absolute atomic E-state index is 12.7. The number of benzene rings is 2. The van der Waals surface area contributed by atoms with Crippen LogP contribution in [0.15, 0.2) is 54.6 Å². The first-order chi connectivity index (χ1) is 14.2. The lowest BCUT2D eigenvalue weighted by Gasteiger charge is -2.31. The van der Waals surface area contributed by atoms with Crippen LogP contribution in [0, 0.1) is 0 Å². The standard InChI is InChI=1S/C22H25N5O2/c1-29-19-12-6-5-10-17(19)14-23-22(28)27-13-7-11-18(15-27)21-24-20(25-26-21)16-8-3-2-4-9-16/h2-6,8-10,12,18H,7,11,13-15H2,1H3,(H,23,28)(H,24,25,26). The highest BCUT2D eigenvalue weighted by molar-refractivity contribution is 5.74. The van der Waals surface area contributed by atoms with E-state index < -0.39 is 0 Å². The van der Waals surface area contributed by atoms with E-state index in [0.717, 1.165) is 42.1 Å². The fourth-order valence-electron chi connectivity index (χ4n) is 3.69. The number of nitrogens with one attached hydrogen (secondary N) is 2. The number of aromatic nitrogens is 3. The van der Waals surface area contributed by atoms with Gasteiger partial charge in [0.25, 0.3) is 0 Å². The van der Waals surface area contributed by atoms with Crippen molar-refractivity contribution >= 4 is 6.03 Å². The molecule has 1 aliphatic rings. The summed E-state index contributed by atoms with van der Waals surface area (Å²) in [5.41, 5.74) is 1.94. The number of H-pyrrole nitrogens is 1. The second-order valence-corrected chi connectivity index (χ2v) is 7.17. The zero-order chi connectivity index (χ0) is 20.1. The average molecular weight is 391 g/mol. The second kappa shape index (κ2) is 8.77. The summed E-state index contributed by atoms with van der Waals surface area (Å²) < 4.78 is 5.35. The summed E-state index contributed by atoms with van der Waals surface area (Å²) in [5, 5.41) is 10.4. The third-order valence-electron chi connectivity index (χ3n) is 5.25. The zero-order valence-electron chi connectivity index (χ0n) is 16.5. The van der Waals surface area contributed by atoms with Gasteiger partial charge in [0.2, 0.25) is 0 Å². The van der Waals surface area contributed by atoms with Crippen molar-refractivity contribution in [3.05, 3.63) is 66.0 Å². The number of hydrogen-bond acceptors (Lipinski definition) is 4. The number of ether oxygens (including phenoxy) is 1. The Morgan fingerprint density at radius 3 is 2.83 bits per heavy atom. The van der Waals surface area contributed by atoms with Gasteiger partial charge < -0.3 is 15.0 Å². The first kappa shape index (κ1) is 19.0. The van der Waals surface area contributed by atoms with E-state index in [9.17, 15) is 4.79 Å². The van der Waals surface area contributed by atoms with Crippen LogP contribution in [0.25, 0.3) is 11.4 Å². The Morgan fingerprint density at radius 1 is 1.21 bits per heavy atom. The monoisotopic (exact) mass is 391 g/mol.